The predicted molar refractivity (Wildman–Crippen MR) is 63.8 cm³/mol. The SMILES string of the molecule is CCc1nc(N)c(C)c(-c2ccncc2)n1. The molecule has 0 radical (unpaired) electrons. The number of anilines is 1. The van der Waals surface area contributed by atoms with E-state index >= 15 is 0 Å². The molecule has 0 atom stereocenters. The first-order valence-corrected chi connectivity index (χ1v) is 5.25. The van der Waals surface area contributed by atoms with Crippen LogP contribution in [0, 0.1) is 6.92 Å². The maximum atomic E-state index is 5.87. The Morgan fingerprint density at radius 3 is 2.50 bits per heavy atom. The van der Waals surface area contributed by atoms with E-state index in [1.54, 1.807) is 12.4 Å². The lowest BCUT2D eigenvalue weighted by atomic mass is 10.1. The quantitative estimate of drug-likeness (QED) is 0.830. The monoisotopic (exact) mass is 214 g/mol. The molecule has 82 valence electrons. The lowest BCUT2D eigenvalue weighted by molar-refractivity contribution is 0.940. The first-order chi connectivity index (χ1) is 7.72. The Morgan fingerprint density at radius 1 is 1.19 bits per heavy atom. The molecule has 2 aromatic rings. The summed E-state index contributed by atoms with van der Waals surface area (Å²) in [5.41, 5.74) is 8.71. The summed E-state index contributed by atoms with van der Waals surface area (Å²) in [6, 6.07) is 3.85. The van der Waals surface area contributed by atoms with Gasteiger partial charge in [0, 0.05) is 29.9 Å². The molecule has 0 aliphatic rings. The van der Waals surface area contributed by atoms with Gasteiger partial charge in [-0.3, -0.25) is 4.98 Å². The van der Waals surface area contributed by atoms with Gasteiger partial charge >= 0.3 is 0 Å². The average molecular weight is 214 g/mol. The Balaban J connectivity index is 2.60. The van der Waals surface area contributed by atoms with Crippen molar-refractivity contribution in [1.82, 2.24) is 15.0 Å². The first kappa shape index (κ1) is 10.5. The maximum Gasteiger partial charge on any atom is 0.131 e. The highest BCUT2D eigenvalue weighted by Crippen LogP contribution is 2.23. The van der Waals surface area contributed by atoms with Gasteiger partial charge in [-0.2, -0.15) is 0 Å². The molecule has 2 heterocycles. The summed E-state index contributed by atoms with van der Waals surface area (Å²) in [6.07, 6.45) is 4.28. The fourth-order valence-electron chi connectivity index (χ4n) is 1.53. The van der Waals surface area contributed by atoms with Crippen LogP contribution in [0.1, 0.15) is 18.3 Å². The summed E-state index contributed by atoms with van der Waals surface area (Å²) < 4.78 is 0. The number of nitrogens with two attached hydrogens (primary N) is 1. The number of hydrogen-bond donors (Lipinski definition) is 1. The van der Waals surface area contributed by atoms with Crippen LogP contribution in [0.15, 0.2) is 24.5 Å². The summed E-state index contributed by atoms with van der Waals surface area (Å²) in [5.74, 6) is 1.33. The van der Waals surface area contributed by atoms with Gasteiger partial charge in [0.05, 0.1) is 5.69 Å². The van der Waals surface area contributed by atoms with Crippen molar-refractivity contribution < 1.29 is 0 Å². The minimum Gasteiger partial charge on any atom is -0.383 e. The van der Waals surface area contributed by atoms with Gasteiger partial charge in [-0.25, -0.2) is 9.97 Å². The fraction of sp³-hybridized carbons (Fsp3) is 0.250. The first-order valence-electron chi connectivity index (χ1n) is 5.25. The van der Waals surface area contributed by atoms with Crippen LogP contribution in [0.2, 0.25) is 0 Å². The Morgan fingerprint density at radius 2 is 1.88 bits per heavy atom. The molecule has 2 aromatic heterocycles. The zero-order valence-corrected chi connectivity index (χ0v) is 9.44. The molecule has 2 N–H and O–H groups in total. The molecular formula is C12H14N4. The van der Waals surface area contributed by atoms with E-state index < -0.39 is 0 Å². The number of aryl methyl sites for hydroxylation is 1. The molecular weight excluding hydrogens is 200 g/mol. The number of pyridine rings is 1. The Kier molecular flexibility index (Phi) is 2.81. The summed E-state index contributed by atoms with van der Waals surface area (Å²) >= 11 is 0. The number of nitrogen functional groups attached to an aromatic ring is 1. The van der Waals surface area contributed by atoms with Crippen molar-refractivity contribution in [3.63, 3.8) is 0 Å². The molecule has 0 spiro atoms. The van der Waals surface area contributed by atoms with Gasteiger partial charge in [-0.05, 0) is 19.1 Å². The second-order valence-corrected chi connectivity index (χ2v) is 3.59. The molecule has 16 heavy (non-hydrogen) atoms. The highest BCUT2D eigenvalue weighted by Gasteiger charge is 2.09. The van der Waals surface area contributed by atoms with Crippen LogP contribution in [-0.2, 0) is 6.42 Å². The van der Waals surface area contributed by atoms with E-state index in [1.807, 2.05) is 26.0 Å². The lowest BCUT2D eigenvalue weighted by Gasteiger charge is -2.08. The summed E-state index contributed by atoms with van der Waals surface area (Å²) in [4.78, 5) is 12.7. The van der Waals surface area contributed by atoms with E-state index in [0.29, 0.717) is 5.82 Å². The molecule has 0 amide bonds. The van der Waals surface area contributed by atoms with Crippen molar-refractivity contribution in [2.75, 3.05) is 5.73 Å². The molecule has 0 aromatic carbocycles. The van der Waals surface area contributed by atoms with Crippen LogP contribution in [0.3, 0.4) is 0 Å². The van der Waals surface area contributed by atoms with Gasteiger partial charge in [0.25, 0.3) is 0 Å². The topological polar surface area (TPSA) is 64.7 Å². The molecule has 0 unspecified atom stereocenters. The van der Waals surface area contributed by atoms with Crippen LogP contribution in [-0.4, -0.2) is 15.0 Å². The third kappa shape index (κ3) is 1.86. The number of aromatic nitrogens is 3. The predicted octanol–water partition coefficient (Wildman–Crippen LogP) is 1.99. The van der Waals surface area contributed by atoms with Crippen LogP contribution < -0.4 is 5.73 Å². The van der Waals surface area contributed by atoms with Gasteiger partial charge in [0.15, 0.2) is 0 Å². The van der Waals surface area contributed by atoms with Crippen LogP contribution in [0.25, 0.3) is 11.3 Å². The van der Waals surface area contributed by atoms with Crippen molar-refractivity contribution in [3.8, 4) is 11.3 Å². The lowest BCUT2D eigenvalue weighted by Crippen LogP contribution is -2.04. The second kappa shape index (κ2) is 4.26. The molecule has 2 rings (SSSR count). The van der Waals surface area contributed by atoms with Crippen molar-refractivity contribution in [2.24, 2.45) is 0 Å². The molecule has 0 bridgehead atoms. The van der Waals surface area contributed by atoms with Crippen LogP contribution >= 0.6 is 0 Å². The van der Waals surface area contributed by atoms with Crippen LogP contribution in [0.4, 0.5) is 5.82 Å². The smallest absolute Gasteiger partial charge is 0.131 e. The fourth-order valence-corrected chi connectivity index (χ4v) is 1.53. The number of nitrogens with zero attached hydrogens (tertiary/aromatic N) is 3. The minimum atomic E-state index is 0.554. The number of hydrogen-bond acceptors (Lipinski definition) is 4. The molecule has 0 fully saturated rings. The van der Waals surface area contributed by atoms with Crippen molar-refractivity contribution >= 4 is 5.82 Å². The Hall–Kier alpha value is -1.97. The Bertz CT molecular complexity index is 494. The second-order valence-electron chi connectivity index (χ2n) is 3.59. The van der Waals surface area contributed by atoms with E-state index in [-0.39, 0.29) is 0 Å². The standard InChI is InChI=1S/C12H14N4/c1-3-10-15-11(8(2)12(13)16-10)9-4-6-14-7-5-9/h4-7H,3H2,1-2H3,(H2,13,15,16). The minimum absolute atomic E-state index is 0.554. The summed E-state index contributed by atoms with van der Waals surface area (Å²) in [6.45, 7) is 3.95. The summed E-state index contributed by atoms with van der Waals surface area (Å²) in [5, 5.41) is 0. The third-order valence-electron chi connectivity index (χ3n) is 2.50. The van der Waals surface area contributed by atoms with E-state index in [4.69, 9.17) is 5.73 Å². The van der Waals surface area contributed by atoms with Gasteiger partial charge in [-0.15, -0.1) is 0 Å². The zero-order valence-electron chi connectivity index (χ0n) is 9.44. The molecule has 0 saturated carbocycles. The normalized spacial score (nSPS) is 10.4. The highest BCUT2D eigenvalue weighted by atomic mass is 15.0. The van der Waals surface area contributed by atoms with Crippen LogP contribution in [0.5, 0.6) is 0 Å². The van der Waals surface area contributed by atoms with E-state index in [0.717, 1.165) is 29.1 Å². The molecule has 0 aliphatic heterocycles. The van der Waals surface area contributed by atoms with E-state index in [1.165, 1.54) is 0 Å². The zero-order chi connectivity index (χ0) is 11.5. The molecule has 4 nitrogen and oxygen atoms in total. The molecule has 0 saturated heterocycles. The Labute approximate surface area is 94.6 Å². The van der Waals surface area contributed by atoms with Crippen molar-refractivity contribution in [2.45, 2.75) is 20.3 Å². The van der Waals surface area contributed by atoms with E-state index in [9.17, 15) is 0 Å². The average Bonchev–Trinajstić information content (AvgIpc) is 2.33. The largest absolute Gasteiger partial charge is 0.383 e. The van der Waals surface area contributed by atoms with Gasteiger partial charge < -0.3 is 5.73 Å². The van der Waals surface area contributed by atoms with Gasteiger partial charge in [0.2, 0.25) is 0 Å². The molecule has 0 aliphatic carbocycles. The van der Waals surface area contributed by atoms with Crippen molar-refractivity contribution in [3.05, 3.63) is 35.9 Å². The third-order valence-corrected chi connectivity index (χ3v) is 2.50. The van der Waals surface area contributed by atoms with E-state index in [2.05, 4.69) is 15.0 Å². The highest BCUT2D eigenvalue weighted by molar-refractivity contribution is 5.66. The van der Waals surface area contributed by atoms with Crippen molar-refractivity contribution in [1.29, 1.82) is 0 Å². The van der Waals surface area contributed by atoms with Gasteiger partial charge in [0.1, 0.15) is 11.6 Å². The molecule has 4 heteroatoms. The van der Waals surface area contributed by atoms with Gasteiger partial charge in [-0.1, -0.05) is 6.92 Å². The summed E-state index contributed by atoms with van der Waals surface area (Å²) in [7, 11) is 0. The maximum absolute atomic E-state index is 5.87. The number of rotatable bonds is 2.